The molecule has 3 rings (SSSR count). The first-order chi connectivity index (χ1) is 14.0. The molecule has 0 unspecified atom stereocenters. The number of amides is 2. The quantitative estimate of drug-likeness (QED) is 0.772. The van der Waals surface area contributed by atoms with Gasteiger partial charge in [0.1, 0.15) is 0 Å². The first-order valence-electron chi connectivity index (χ1n) is 9.61. The number of aromatic nitrogens is 2. The zero-order chi connectivity index (χ0) is 20.8. The SMILES string of the molecule is CSCC[C@H](N)C(=O)N1CCN(C(=O)Oc2cc(C)nn2-c2ccccc2)CC1. The minimum absolute atomic E-state index is 0.0511. The molecule has 0 radical (unpaired) electrons. The summed E-state index contributed by atoms with van der Waals surface area (Å²) in [6, 6.07) is 10.8. The summed E-state index contributed by atoms with van der Waals surface area (Å²) in [5.41, 5.74) is 7.56. The number of nitrogens with zero attached hydrogens (tertiary/aromatic N) is 4. The number of nitrogens with two attached hydrogens (primary N) is 1. The van der Waals surface area contributed by atoms with Crippen molar-refractivity contribution in [2.45, 2.75) is 19.4 Å². The molecular formula is C20H27N5O3S. The first kappa shape index (κ1) is 21.2. The van der Waals surface area contributed by atoms with Gasteiger partial charge in [0, 0.05) is 32.2 Å². The maximum absolute atomic E-state index is 12.6. The van der Waals surface area contributed by atoms with E-state index >= 15 is 0 Å². The predicted octanol–water partition coefficient (Wildman–Crippen LogP) is 1.90. The van der Waals surface area contributed by atoms with E-state index in [0.29, 0.717) is 38.5 Å². The molecule has 0 aliphatic carbocycles. The second kappa shape index (κ2) is 9.80. The van der Waals surface area contributed by atoms with Crippen molar-refractivity contribution in [2.24, 2.45) is 5.73 Å². The van der Waals surface area contributed by atoms with E-state index in [-0.39, 0.29) is 5.91 Å². The van der Waals surface area contributed by atoms with E-state index in [0.717, 1.165) is 17.1 Å². The van der Waals surface area contributed by atoms with Crippen LogP contribution >= 0.6 is 11.8 Å². The van der Waals surface area contributed by atoms with Crippen molar-refractivity contribution in [3.8, 4) is 11.6 Å². The molecule has 1 aliphatic heterocycles. The molecule has 2 N–H and O–H groups in total. The highest BCUT2D eigenvalue weighted by atomic mass is 32.2. The lowest BCUT2D eigenvalue weighted by Gasteiger charge is -2.35. The molecule has 0 saturated carbocycles. The van der Waals surface area contributed by atoms with Gasteiger partial charge in [-0.25, -0.2) is 9.48 Å². The fourth-order valence-corrected chi connectivity index (χ4v) is 3.66. The number of aryl methyl sites for hydroxylation is 1. The number of ether oxygens (including phenoxy) is 1. The molecule has 1 fully saturated rings. The Balaban J connectivity index is 1.58. The maximum atomic E-state index is 12.6. The number of piperazine rings is 1. The van der Waals surface area contributed by atoms with E-state index in [9.17, 15) is 9.59 Å². The Labute approximate surface area is 175 Å². The minimum atomic E-state index is -0.482. The van der Waals surface area contributed by atoms with E-state index < -0.39 is 12.1 Å². The van der Waals surface area contributed by atoms with Crippen LogP contribution in [-0.4, -0.2) is 75.8 Å². The third-order valence-electron chi connectivity index (χ3n) is 4.79. The minimum Gasteiger partial charge on any atom is -0.391 e. The van der Waals surface area contributed by atoms with Crippen LogP contribution in [0, 0.1) is 6.92 Å². The van der Waals surface area contributed by atoms with Crippen LogP contribution in [0.5, 0.6) is 5.88 Å². The van der Waals surface area contributed by atoms with Crippen molar-refractivity contribution >= 4 is 23.8 Å². The van der Waals surface area contributed by atoms with Crippen LogP contribution in [0.15, 0.2) is 36.4 Å². The van der Waals surface area contributed by atoms with Crippen LogP contribution < -0.4 is 10.5 Å². The number of rotatable bonds is 6. The lowest BCUT2D eigenvalue weighted by molar-refractivity contribution is -0.134. The summed E-state index contributed by atoms with van der Waals surface area (Å²) in [6.45, 7) is 3.59. The predicted molar refractivity (Wildman–Crippen MR) is 113 cm³/mol. The number of carbonyl (C=O) groups is 2. The molecule has 0 spiro atoms. The van der Waals surface area contributed by atoms with Gasteiger partial charge in [0.05, 0.1) is 17.4 Å². The molecule has 9 heteroatoms. The van der Waals surface area contributed by atoms with Crippen molar-refractivity contribution < 1.29 is 14.3 Å². The van der Waals surface area contributed by atoms with Gasteiger partial charge in [-0.1, -0.05) is 18.2 Å². The van der Waals surface area contributed by atoms with Crippen molar-refractivity contribution in [1.29, 1.82) is 0 Å². The van der Waals surface area contributed by atoms with Gasteiger partial charge in [-0.05, 0) is 37.5 Å². The van der Waals surface area contributed by atoms with Gasteiger partial charge >= 0.3 is 6.09 Å². The van der Waals surface area contributed by atoms with Gasteiger partial charge < -0.3 is 20.3 Å². The number of carbonyl (C=O) groups excluding carboxylic acids is 2. The van der Waals surface area contributed by atoms with E-state index in [1.165, 1.54) is 0 Å². The Morgan fingerprint density at radius 1 is 1.17 bits per heavy atom. The van der Waals surface area contributed by atoms with Crippen LogP contribution in [-0.2, 0) is 4.79 Å². The monoisotopic (exact) mass is 417 g/mol. The normalized spacial score (nSPS) is 15.3. The number of para-hydroxylation sites is 1. The molecule has 1 saturated heterocycles. The number of hydrogen-bond donors (Lipinski definition) is 1. The van der Waals surface area contributed by atoms with Crippen molar-refractivity contribution in [3.63, 3.8) is 0 Å². The Hall–Kier alpha value is -2.52. The lowest BCUT2D eigenvalue weighted by Crippen LogP contribution is -2.54. The Morgan fingerprint density at radius 2 is 1.83 bits per heavy atom. The molecule has 2 aromatic rings. The molecule has 2 amide bonds. The summed E-state index contributed by atoms with van der Waals surface area (Å²) in [5, 5.41) is 4.41. The Bertz CT molecular complexity index is 834. The van der Waals surface area contributed by atoms with Gasteiger partial charge in [-0.3, -0.25) is 4.79 Å². The van der Waals surface area contributed by atoms with Crippen LogP contribution in [0.3, 0.4) is 0 Å². The smallest absolute Gasteiger partial charge is 0.391 e. The third-order valence-corrected chi connectivity index (χ3v) is 5.44. The van der Waals surface area contributed by atoms with Crippen molar-refractivity contribution in [2.75, 3.05) is 38.2 Å². The molecule has 156 valence electrons. The third kappa shape index (κ3) is 5.30. The van der Waals surface area contributed by atoms with Gasteiger partial charge in [0.2, 0.25) is 11.8 Å². The average molecular weight is 418 g/mol. The molecular weight excluding hydrogens is 390 g/mol. The van der Waals surface area contributed by atoms with Crippen molar-refractivity contribution in [3.05, 3.63) is 42.1 Å². The summed E-state index contributed by atoms with van der Waals surface area (Å²) in [5.74, 6) is 1.18. The fourth-order valence-electron chi connectivity index (χ4n) is 3.17. The second-order valence-corrected chi connectivity index (χ2v) is 7.93. The molecule has 1 aromatic heterocycles. The summed E-state index contributed by atoms with van der Waals surface area (Å²) < 4.78 is 7.22. The second-order valence-electron chi connectivity index (χ2n) is 6.94. The highest BCUT2D eigenvalue weighted by Gasteiger charge is 2.28. The zero-order valence-corrected chi connectivity index (χ0v) is 17.6. The lowest BCUT2D eigenvalue weighted by atomic mass is 10.2. The van der Waals surface area contributed by atoms with Gasteiger partial charge in [-0.15, -0.1) is 0 Å². The number of thioether (sulfide) groups is 1. The van der Waals surface area contributed by atoms with Gasteiger partial charge in [0.15, 0.2) is 0 Å². The zero-order valence-electron chi connectivity index (χ0n) is 16.8. The van der Waals surface area contributed by atoms with E-state index in [1.807, 2.05) is 43.5 Å². The molecule has 0 bridgehead atoms. The summed E-state index contributed by atoms with van der Waals surface area (Å²) in [6.07, 6.45) is 2.21. The summed E-state index contributed by atoms with van der Waals surface area (Å²) in [4.78, 5) is 28.4. The molecule has 1 aromatic carbocycles. The highest BCUT2D eigenvalue weighted by Crippen LogP contribution is 2.20. The number of hydrogen-bond acceptors (Lipinski definition) is 6. The molecule has 2 heterocycles. The first-order valence-corrected chi connectivity index (χ1v) is 11.0. The van der Waals surface area contributed by atoms with Crippen LogP contribution in [0.4, 0.5) is 4.79 Å². The molecule has 1 atom stereocenters. The Morgan fingerprint density at radius 3 is 2.48 bits per heavy atom. The molecule has 29 heavy (non-hydrogen) atoms. The fraction of sp³-hybridized carbons (Fsp3) is 0.450. The maximum Gasteiger partial charge on any atom is 0.416 e. The standard InChI is InChI=1S/C20H27N5O3S/c1-15-14-18(25(22-15)16-6-4-3-5-7-16)28-20(27)24-11-9-23(10-12-24)19(26)17(21)8-13-29-2/h3-7,14,17H,8-13,21H2,1-2H3/t17-/m0/s1. The highest BCUT2D eigenvalue weighted by molar-refractivity contribution is 7.98. The summed E-state index contributed by atoms with van der Waals surface area (Å²) in [7, 11) is 0. The molecule has 1 aliphatic rings. The van der Waals surface area contributed by atoms with E-state index in [2.05, 4.69) is 5.10 Å². The largest absolute Gasteiger partial charge is 0.416 e. The van der Waals surface area contributed by atoms with Crippen LogP contribution in [0.2, 0.25) is 0 Å². The van der Waals surface area contributed by atoms with E-state index in [1.54, 1.807) is 32.3 Å². The molecule has 8 nitrogen and oxygen atoms in total. The number of benzene rings is 1. The van der Waals surface area contributed by atoms with Gasteiger partial charge in [-0.2, -0.15) is 16.9 Å². The Kier molecular flexibility index (Phi) is 7.16. The van der Waals surface area contributed by atoms with Crippen LogP contribution in [0.1, 0.15) is 12.1 Å². The van der Waals surface area contributed by atoms with E-state index in [4.69, 9.17) is 10.5 Å². The van der Waals surface area contributed by atoms with Crippen LogP contribution in [0.25, 0.3) is 5.69 Å². The van der Waals surface area contributed by atoms with Crippen molar-refractivity contribution in [1.82, 2.24) is 19.6 Å². The van der Waals surface area contributed by atoms with Gasteiger partial charge in [0.25, 0.3) is 0 Å². The average Bonchev–Trinajstić information content (AvgIpc) is 3.12. The summed E-state index contributed by atoms with van der Waals surface area (Å²) >= 11 is 1.67. The topological polar surface area (TPSA) is 93.7 Å².